The maximum atomic E-state index is 8.56. The molecule has 0 amide bonds. The minimum atomic E-state index is -1.83. The minimum Gasteiger partial charge on any atom is -0.450 e. The first-order valence-electron chi connectivity index (χ1n) is 0.651. The second kappa shape index (κ2) is 3.70. The van der Waals surface area contributed by atoms with Crippen molar-refractivity contribution >= 4 is 16.1 Å². The fourth-order valence-corrected chi connectivity index (χ4v) is 0. The number of hydrogen-bond acceptors (Lipinski definition) is 1. The fraction of sp³-hybridized carbons (Fsp3) is 0. The fourth-order valence-electron chi connectivity index (χ4n) is 0. The van der Waals surface area contributed by atoms with Gasteiger partial charge < -0.3 is 10.2 Å². The van der Waals surface area contributed by atoms with Gasteiger partial charge in [0.2, 0.25) is 0 Å². The van der Waals surface area contributed by atoms with Gasteiger partial charge in [-0.15, -0.1) is 0 Å². The molecule has 0 rings (SSSR count). The van der Waals surface area contributed by atoms with Gasteiger partial charge in [0, 0.05) is 0 Å². The van der Waals surface area contributed by atoms with Crippen molar-refractivity contribution in [3.63, 3.8) is 0 Å². The molecule has 3 nitrogen and oxygen atoms in total. The maximum Gasteiger partial charge on any atom is 0.503 e. The second-order valence-corrected chi connectivity index (χ2v) is 0.283. The van der Waals surface area contributed by atoms with E-state index in [1.165, 1.54) is 0 Å². The van der Waals surface area contributed by atoms with Crippen LogP contribution in [0.15, 0.2) is 0 Å². The number of rotatable bonds is 0. The van der Waals surface area contributed by atoms with E-state index in [-0.39, 0.29) is 9.90 Å². The van der Waals surface area contributed by atoms with E-state index < -0.39 is 6.16 Å². The molecule has 2 N–H and O–H groups in total. The largest absolute Gasteiger partial charge is 0.503 e. The quantitative estimate of drug-likeness (QED) is 0.426. The van der Waals surface area contributed by atoms with Gasteiger partial charge in [-0.05, 0) is 0 Å². The first-order chi connectivity index (χ1) is 1.73. The zero-order valence-electron chi connectivity index (χ0n) is 2.51. The molecule has 0 aliphatic rings. The monoisotopic (exact) mass is 96.0 g/mol. The normalized spacial score (nSPS) is 4.80. The molecule has 0 saturated heterocycles. The summed E-state index contributed by atoms with van der Waals surface area (Å²) in [7, 11) is 0. The Labute approximate surface area is 32.2 Å². The Balaban J connectivity index is 0. The molecule has 5 heavy (non-hydrogen) atoms. The smallest absolute Gasteiger partial charge is 0.450 e. The molecule has 0 aromatic heterocycles. The van der Waals surface area contributed by atoms with Gasteiger partial charge in [-0.2, -0.15) is 9.90 Å². The van der Waals surface area contributed by atoms with E-state index in [2.05, 4.69) is 0 Å². The van der Waals surface area contributed by atoms with Crippen LogP contribution in [0.3, 0.4) is 0 Å². The first kappa shape index (κ1) is 8.83. The molecule has 0 aliphatic carbocycles. The van der Waals surface area contributed by atoms with Gasteiger partial charge in [-0.3, -0.25) is 0 Å². The van der Waals surface area contributed by atoms with E-state index in [1.54, 1.807) is 0 Å². The Bertz CT molecular complexity index is 29.9. The molecule has 4 heteroatoms. The number of carbonyl (C=O) groups is 1. The number of hydrogen-bond donors (Lipinski definition) is 2. The summed E-state index contributed by atoms with van der Waals surface area (Å²) in [4.78, 5) is 8.56. The van der Waals surface area contributed by atoms with Crippen LogP contribution in [-0.2, 0) is 0 Å². The van der Waals surface area contributed by atoms with E-state index in [0.29, 0.717) is 0 Å². The van der Waals surface area contributed by atoms with Gasteiger partial charge in [0.1, 0.15) is 0 Å². The number of carboxylic acid groups (broad SMARTS) is 2. The summed E-state index contributed by atoms with van der Waals surface area (Å²) in [5, 5.41) is 13.9. The lowest BCUT2D eigenvalue weighted by atomic mass is 11.5. The Morgan fingerprint density at radius 2 is 1.40 bits per heavy atom. The summed E-state index contributed by atoms with van der Waals surface area (Å²) in [5.74, 6) is 0. The molecule has 0 heterocycles. The zero-order valence-corrected chi connectivity index (χ0v) is 3.92. The van der Waals surface area contributed by atoms with Crippen LogP contribution in [-0.4, -0.2) is 16.4 Å². The topological polar surface area (TPSA) is 57.5 Å². The molecular weight excluding hydrogens is 91.0 g/mol. The average Bonchev–Trinajstić information content (AvgIpc) is 0.811. The van der Waals surface area contributed by atoms with Gasteiger partial charge in [0.15, 0.2) is 0 Å². The van der Waals surface area contributed by atoms with Crippen molar-refractivity contribution in [2.24, 2.45) is 0 Å². The summed E-state index contributed by atoms with van der Waals surface area (Å²) in [6, 6.07) is 0. The third-order valence-corrected chi connectivity index (χ3v) is 0. The SMILES string of the molecule is O=C(O)O.P. The minimum absolute atomic E-state index is 0. The molecule has 1 atom stereocenters. The van der Waals surface area contributed by atoms with Gasteiger partial charge in [0.05, 0.1) is 0 Å². The molecule has 0 spiro atoms. The average molecular weight is 96.0 g/mol. The van der Waals surface area contributed by atoms with E-state index in [9.17, 15) is 0 Å². The van der Waals surface area contributed by atoms with Crippen LogP contribution in [0.25, 0.3) is 0 Å². The highest BCUT2D eigenvalue weighted by Gasteiger charge is 1.70. The Kier molecular flexibility index (Phi) is 6.53. The highest BCUT2D eigenvalue weighted by molar-refractivity contribution is 6.92. The van der Waals surface area contributed by atoms with Crippen LogP contribution in [0.4, 0.5) is 4.79 Å². The van der Waals surface area contributed by atoms with Crippen LogP contribution >= 0.6 is 9.90 Å². The molecular formula is CH5O3P. The highest BCUT2D eigenvalue weighted by Crippen LogP contribution is 1.42. The van der Waals surface area contributed by atoms with Crippen LogP contribution in [0.1, 0.15) is 0 Å². The third-order valence-electron chi connectivity index (χ3n) is 0. The lowest BCUT2D eigenvalue weighted by molar-refractivity contribution is 0.137. The summed E-state index contributed by atoms with van der Waals surface area (Å²) >= 11 is 0. The van der Waals surface area contributed by atoms with Crippen molar-refractivity contribution in [3.05, 3.63) is 0 Å². The Hall–Kier alpha value is -0.300. The first-order valence-corrected chi connectivity index (χ1v) is 0.651. The molecule has 0 fully saturated rings. The molecule has 32 valence electrons. The standard InChI is InChI=1S/CH2O3.H3P/c2-1(3)4;/h(H2,2,3,4);1H3. The summed E-state index contributed by atoms with van der Waals surface area (Å²) in [5.41, 5.74) is 0. The maximum absolute atomic E-state index is 8.56. The summed E-state index contributed by atoms with van der Waals surface area (Å²) < 4.78 is 0. The third kappa shape index (κ3) is 119. The van der Waals surface area contributed by atoms with Crippen molar-refractivity contribution in [2.45, 2.75) is 0 Å². The molecule has 0 bridgehead atoms. The Morgan fingerprint density at radius 3 is 1.40 bits per heavy atom. The van der Waals surface area contributed by atoms with Gasteiger partial charge >= 0.3 is 6.16 Å². The molecule has 0 aliphatic heterocycles. The van der Waals surface area contributed by atoms with E-state index >= 15 is 0 Å². The highest BCUT2D eigenvalue weighted by atomic mass is 31.0. The molecule has 1 unspecified atom stereocenters. The van der Waals surface area contributed by atoms with Gasteiger partial charge in [-0.1, -0.05) is 0 Å². The predicted octanol–water partition coefficient (Wildman–Crippen LogP) is 0.280. The van der Waals surface area contributed by atoms with E-state index in [4.69, 9.17) is 15.0 Å². The van der Waals surface area contributed by atoms with Crippen molar-refractivity contribution in [2.75, 3.05) is 0 Å². The van der Waals surface area contributed by atoms with Gasteiger partial charge in [-0.25, -0.2) is 4.79 Å². The van der Waals surface area contributed by atoms with Crippen LogP contribution in [0.5, 0.6) is 0 Å². The molecule has 0 saturated carbocycles. The van der Waals surface area contributed by atoms with Crippen molar-refractivity contribution in [1.29, 1.82) is 0 Å². The second-order valence-electron chi connectivity index (χ2n) is 0.283. The molecule has 0 aromatic rings. The van der Waals surface area contributed by atoms with E-state index in [0.717, 1.165) is 0 Å². The molecule has 0 aromatic carbocycles. The van der Waals surface area contributed by atoms with Crippen LogP contribution in [0, 0.1) is 0 Å². The zero-order chi connectivity index (χ0) is 3.58. The predicted molar refractivity (Wildman–Crippen MR) is 21.8 cm³/mol. The lowest BCUT2D eigenvalue weighted by Gasteiger charge is -1.60. The van der Waals surface area contributed by atoms with Crippen LogP contribution in [0.2, 0.25) is 0 Å². The van der Waals surface area contributed by atoms with Gasteiger partial charge in [0.25, 0.3) is 0 Å². The molecule has 0 radical (unpaired) electrons. The summed E-state index contributed by atoms with van der Waals surface area (Å²) in [6.45, 7) is 0. The Morgan fingerprint density at radius 1 is 1.40 bits per heavy atom. The van der Waals surface area contributed by atoms with Crippen molar-refractivity contribution in [3.8, 4) is 0 Å². The van der Waals surface area contributed by atoms with Crippen molar-refractivity contribution < 1.29 is 15.0 Å². The van der Waals surface area contributed by atoms with Crippen molar-refractivity contribution in [1.82, 2.24) is 0 Å². The summed E-state index contributed by atoms with van der Waals surface area (Å²) in [6.07, 6.45) is -1.83. The van der Waals surface area contributed by atoms with E-state index in [1.807, 2.05) is 0 Å². The van der Waals surface area contributed by atoms with Crippen LogP contribution < -0.4 is 0 Å². The lowest BCUT2D eigenvalue weighted by Crippen LogP contribution is -1.81.